The van der Waals surface area contributed by atoms with Gasteiger partial charge in [-0.1, -0.05) is 47.5 Å². The highest BCUT2D eigenvalue weighted by Gasteiger charge is 2.25. The van der Waals surface area contributed by atoms with E-state index in [0.29, 0.717) is 34.0 Å². The predicted octanol–water partition coefficient (Wildman–Crippen LogP) is 5.70. The highest BCUT2D eigenvalue weighted by atomic mass is 35.5. The van der Waals surface area contributed by atoms with Crippen molar-refractivity contribution < 1.29 is 14.3 Å². The number of hydrogen-bond acceptors (Lipinski definition) is 3. The first-order valence-corrected chi connectivity index (χ1v) is 8.81. The van der Waals surface area contributed by atoms with Gasteiger partial charge in [0.2, 0.25) is 0 Å². The summed E-state index contributed by atoms with van der Waals surface area (Å²) >= 11 is 12.4. The average Bonchev–Trinajstić information content (AvgIpc) is 2.61. The molecular formula is C20H16Cl2O3. The van der Waals surface area contributed by atoms with Crippen LogP contribution in [0.4, 0.5) is 0 Å². The maximum absolute atomic E-state index is 12.6. The van der Waals surface area contributed by atoms with Gasteiger partial charge in [-0.3, -0.25) is 4.79 Å². The first kappa shape index (κ1) is 17.7. The monoisotopic (exact) mass is 374 g/mol. The summed E-state index contributed by atoms with van der Waals surface area (Å²) in [4.78, 5) is 25.0. The van der Waals surface area contributed by atoms with Crippen molar-refractivity contribution in [3.05, 3.63) is 75.3 Å². The van der Waals surface area contributed by atoms with Gasteiger partial charge in [0.15, 0.2) is 5.78 Å². The molecule has 0 N–H and O–H groups in total. The third-order valence-electron chi connectivity index (χ3n) is 4.10. The average molecular weight is 375 g/mol. The van der Waals surface area contributed by atoms with Gasteiger partial charge >= 0.3 is 5.97 Å². The van der Waals surface area contributed by atoms with Crippen molar-refractivity contribution in [1.82, 2.24) is 0 Å². The van der Waals surface area contributed by atoms with Crippen LogP contribution in [0.2, 0.25) is 10.0 Å². The molecule has 0 aromatic heterocycles. The molecule has 0 aliphatic heterocycles. The smallest absolute Gasteiger partial charge is 0.345 e. The Labute approximate surface area is 156 Å². The zero-order valence-electron chi connectivity index (χ0n) is 13.4. The van der Waals surface area contributed by atoms with E-state index in [2.05, 4.69) is 0 Å². The molecule has 3 nitrogen and oxygen atoms in total. The lowest BCUT2D eigenvalue weighted by Crippen LogP contribution is -2.15. The van der Waals surface area contributed by atoms with Crippen LogP contribution in [-0.4, -0.2) is 11.8 Å². The molecule has 0 saturated heterocycles. The van der Waals surface area contributed by atoms with Crippen molar-refractivity contribution in [2.24, 2.45) is 0 Å². The molecule has 0 atom stereocenters. The number of allylic oxidation sites excluding steroid dienone is 1. The van der Waals surface area contributed by atoms with Crippen LogP contribution in [0.15, 0.2) is 54.1 Å². The molecule has 25 heavy (non-hydrogen) atoms. The van der Waals surface area contributed by atoms with Crippen molar-refractivity contribution in [3.63, 3.8) is 0 Å². The summed E-state index contributed by atoms with van der Waals surface area (Å²) in [6, 6.07) is 13.7. The number of carbonyl (C=O) groups excluding carboxylic acids is 2. The fourth-order valence-electron chi connectivity index (χ4n) is 2.82. The van der Waals surface area contributed by atoms with Gasteiger partial charge in [-0.25, -0.2) is 4.79 Å². The number of benzene rings is 2. The molecule has 1 fully saturated rings. The number of carbonyl (C=O) groups is 2. The minimum absolute atomic E-state index is 0.00636. The second-order valence-electron chi connectivity index (χ2n) is 5.79. The normalized spacial score (nSPS) is 16.5. The number of ether oxygens (including phenoxy) is 1. The number of rotatable bonds is 3. The molecule has 128 valence electrons. The Morgan fingerprint density at radius 2 is 1.40 bits per heavy atom. The number of esters is 1. The lowest BCUT2D eigenvalue weighted by Gasteiger charge is -2.19. The van der Waals surface area contributed by atoms with E-state index in [9.17, 15) is 9.59 Å². The molecule has 5 heteroatoms. The molecule has 0 amide bonds. The maximum Gasteiger partial charge on any atom is 0.345 e. The van der Waals surface area contributed by atoms with Crippen LogP contribution in [0, 0.1) is 0 Å². The van der Waals surface area contributed by atoms with E-state index in [1.165, 1.54) is 0 Å². The van der Waals surface area contributed by atoms with Crippen LogP contribution in [0.3, 0.4) is 0 Å². The molecule has 0 unspecified atom stereocenters. The third kappa shape index (κ3) is 3.94. The summed E-state index contributed by atoms with van der Waals surface area (Å²) in [5, 5.41) is 0.723. The van der Waals surface area contributed by atoms with Gasteiger partial charge in [-0.2, -0.15) is 0 Å². The molecule has 2 aromatic carbocycles. The van der Waals surface area contributed by atoms with Gasteiger partial charge in [0.05, 0.1) is 15.6 Å². The standard InChI is InChI=1S/C20H16Cl2O3/c21-16-10-4-1-7-13(16)19(15-9-3-6-12-18(15)23)25-20(24)14-8-2-5-11-17(14)22/h1-2,4-5,7-8,10-11H,3,6,9,12H2/b19-15-. The van der Waals surface area contributed by atoms with Gasteiger partial charge < -0.3 is 4.74 Å². The topological polar surface area (TPSA) is 43.4 Å². The molecule has 2 aromatic rings. The van der Waals surface area contributed by atoms with Gasteiger partial charge in [-0.05, 0) is 43.5 Å². The van der Waals surface area contributed by atoms with Crippen LogP contribution in [0.5, 0.6) is 0 Å². The van der Waals surface area contributed by atoms with Crippen molar-refractivity contribution in [2.75, 3.05) is 0 Å². The number of ketones is 1. The maximum atomic E-state index is 12.6. The zero-order valence-corrected chi connectivity index (χ0v) is 14.9. The van der Waals surface area contributed by atoms with E-state index < -0.39 is 5.97 Å². The zero-order chi connectivity index (χ0) is 17.8. The van der Waals surface area contributed by atoms with Crippen LogP contribution in [0.25, 0.3) is 5.76 Å². The Morgan fingerprint density at radius 1 is 0.840 bits per heavy atom. The van der Waals surface area contributed by atoms with Crippen molar-refractivity contribution in [2.45, 2.75) is 25.7 Å². The van der Waals surface area contributed by atoms with E-state index in [1.54, 1.807) is 48.5 Å². The van der Waals surface area contributed by atoms with Gasteiger partial charge in [0, 0.05) is 17.6 Å². The minimum atomic E-state index is -0.605. The van der Waals surface area contributed by atoms with Gasteiger partial charge in [-0.15, -0.1) is 0 Å². The minimum Gasteiger partial charge on any atom is -0.422 e. The molecule has 0 heterocycles. The third-order valence-corrected chi connectivity index (χ3v) is 4.76. The quantitative estimate of drug-likeness (QED) is 0.392. The molecular weight excluding hydrogens is 359 g/mol. The van der Waals surface area contributed by atoms with Crippen molar-refractivity contribution in [1.29, 1.82) is 0 Å². The van der Waals surface area contributed by atoms with Gasteiger partial charge in [0.25, 0.3) is 0 Å². The molecule has 0 radical (unpaired) electrons. The Bertz CT molecular complexity index is 856. The molecule has 1 aliphatic rings. The Balaban J connectivity index is 2.05. The molecule has 0 bridgehead atoms. The summed E-state index contributed by atoms with van der Waals surface area (Å²) in [6.45, 7) is 0. The first-order valence-electron chi connectivity index (χ1n) is 8.06. The number of Topliss-reactive ketones (excluding diaryl/α,β-unsaturated/α-hetero) is 1. The highest BCUT2D eigenvalue weighted by Crippen LogP contribution is 2.33. The predicted molar refractivity (Wildman–Crippen MR) is 98.7 cm³/mol. The molecule has 1 aliphatic carbocycles. The second kappa shape index (κ2) is 7.85. The fraction of sp³-hybridized carbons (Fsp3) is 0.200. The Kier molecular flexibility index (Phi) is 5.57. The van der Waals surface area contributed by atoms with E-state index in [0.717, 1.165) is 12.8 Å². The van der Waals surface area contributed by atoms with Crippen molar-refractivity contribution in [3.8, 4) is 0 Å². The first-order chi connectivity index (χ1) is 12.1. The van der Waals surface area contributed by atoms with Crippen molar-refractivity contribution >= 4 is 40.7 Å². The van der Waals surface area contributed by atoms with Gasteiger partial charge in [0.1, 0.15) is 5.76 Å². The Hall–Kier alpha value is -2.10. The van der Waals surface area contributed by atoms with Crippen LogP contribution in [-0.2, 0) is 9.53 Å². The molecule has 0 spiro atoms. The summed E-state index contributed by atoms with van der Waals surface area (Å²) in [6.07, 6.45) is 2.73. The lowest BCUT2D eigenvalue weighted by molar-refractivity contribution is -0.116. The van der Waals surface area contributed by atoms with E-state index in [-0.39, 0.29) is 17.1 Å². The summed E-state index contributed by atoms with van der Waals surface area (Å²) in [7, 11) is 0. The van der Waals surface area contributed by atoms with E-state index in [1.807, 2.05) is 0 Å². The van der Waals surface area contributed by atoms with Crippen LogP contribution >= 0.6 is 23.2 Å². The summed E-state index contributed by atoms with van der Waals surface area (Å²) in [5.41, 5.74) is 1.30. The largest absolute Gasteiger partial charge is 0.422 e. The summed E-state index contributed by atoms with van der Waals surface area (Å²) < 4.78 is 5.65. The Morgan fingerprint density at radius 3 is 2.00 bits per heavy atom. The SMILES string of the molecule is O=C1CCCC/C1=C(/OC(=O)c1ccccc1Cl)c1ccccc1Cl. The fourth-order valence-corrected chi connectivity index (χ4v) is 3.25. The number of hydrogen-bond donors (Lipinski definition) is 0. The van der Waals surface area contributed by atoms with E-state index >= 15 is 0 Å². The van der Waals surface area contributed by atoms with E-state index in [4.69, 9.17) is 27.9 Å². The number of halogens is 2. The van der Waals surface area contributed by atoms with Crippen LogP contribution < -0.4 is 0 Å². The molecule has 3 rings (SSSR count). The highest BCUT2D eigenvalue weighted by molar-refractivity contribution is 6.34. The lowest BCUT2D eigenvalue weighted by atomic mass is 9.91. The van der Waals surface area contributed by atoms with Crippen LogP contribution in [0.1, 0.15) is 41.6 Å². The molecule has 1 saturated carbocycles. The second-order valence-corrected chi connectivity index (χ2v) is 6.60. The summed E-state index contributed by atoms with van der Waals surface area (Å²) in [5.74, 6) is -0.375.